The molecule has 0 atom stereocenters. The van der Waals surface area contributed by atoms with Crippen molar-refractivity contribution < 1.29 is 9.59 Å². The number of urea groups is 1. The lowest BCUT2D eigenvalue weighted by atomic mass is 10.2. The van der Waals surface area contributed by atoms with E-state index in [4.69, 9.17) is 0 Å². The summed E-state index contributed by atoms with van der Waals surface area (Å²) in [6, 6.07) is 7.26. The summed E-state index contributed by atoms with van der Waals surface area (Å²) in [6.45, 7) is 4.83. The first-order valence-electron chi connectivity index (χ1n) is 7.50. The molecular formula is C16H25N3O2. The number of benzene rings is 1. The van der Waals surface area contributed by atoms with Crippen molar-refractivity contribution in [3.8, 4) is 0 Å². The fraction of sp³-hybridized carbons (Fsp3) is 0.500. The summed E-state index contributed by atoms with van der Waals surface area (Å²) < 4.78 is 0. The van der Waals surface area contributed by atoms with Gasteiger partial charge in [0.1, 0.15) is 0 Å². The molecule has 0 aromatic heterocycles. The molecule has 0 aliphatic carbocycles. The second-order valence-electron chi connectivity index (χ2n) is 5.05. The quantitative estimate of drug-likeness (QED) is 0.644. The smallest absolute Gasteiger partial charge is 0.315 e. The summed E-state index contributed by atoms with van der Waals surface area (Å²) in [5, 5.41) is 8.36. The fourth-order valence-corrected chi connectivity index (χ4v) is 1.91. The fourth-order valence-electron chi connectivity index (χ4n) is 1.91. The first kappa shape index (κ1) is 17.0. The Hall–Kier alpha value is -2.04. The lowest BCUT2D eigenvalue weighted by molar-refractivity contribution is -0.114. The molecule has 1 aromatic carbocycles. The maximum absolute atomic E-state index is 11.6. The molecule has 1 rings (SSSR count). The molecule has 21 heavy (non-hydrogen) atoms. The van der Waals surface area contributed by atoms with Gasteiger partial charge in [0.15, 0.2) is 0 Å². The third kappa shape index (κ3) is 7.97. The average Bonchev–Trinajstić information content (AvgIpc) is 2.46. The lowest BCUT2D eigenvalue weighted by Crippen LogP contribution is -2.35. The second-order valence-corrected chi connectivity index (χ2v) is 5.05. The van der Waals surface area contributed by atoms with Crippen molar-refractivity contribution in [1.82, 2.24) is 10.6 Å². The SMILES string of the molecule is CCCCCCNC(=O)NCc1ccc(NC(C)=O)cc1. The number of amides is 3. The molecule has 3 N–H and O–H groups in total. The molecule has 5 nitrogen and oxygen atoms in total. The van der Waals surface area contributed by atoms with Crippen LogP contribution in [0.1, 0.15) is 45.1 Å². The molecule has 0 radical (unpaired) electrons. The molecule has 0 saturated heterocycles. The first-order valence-corrected chi connectivity index (χ1v) is 7.50. The van der Waals surface area contributed by atoms with Gasteiger partial charge in [-0.05, 0) is 24.1 Å². The van der Waals surface area contributed by atoms with Crippen LogP contribution in [0.5, 0.6) is 0 Å². The summed E-state index contributed by atoms with van der Waals surface area (Å²) in [4.78, 5) is 22.5. The Labute approximate surface area is 126 Å². The van der Waals surface area contributed by atoms with E-state index in [1.165, 1.54) is 19.8 Å². The number of carbonyl (C=O) groups is 2. The van der Waals surface area contributed by atoms with Crippen LogP contribution in [-0.4, -0.2) is 18.5 Å². The molecule has 0 aliphatic heterocycles. The van der Waals surface area contributed by atoms with Gasteiger partial charge in [-0.15, -0.1) is 0 Å². The highest BCUT2D eigenvalue weighted by Crippen LogP contribution is 2.09. The number of hydrogen-bond acceptors (Lipinski definition) is 2. The van der Waals surface area contributed by atoms with Crippen molar-refractivity contribution in [2.24, 2.45) is 0 Å². The maximum atomic E-state index is 11.6. The van der Waals surface area contributed by atoms with E-state index in [9.17, 15) is 9.59 Å². The van der Waals surface area contributed by atoms with Gasteiger partial charge in [-0.25, -0.2) is 4.79 Å². The normalized spacial score (nSPS) is 10.0. The summed E-state index contributed by atoms with van der Waals surface area (Å²) in [7, 11) is 0. The minimum atomic E-state index is -0.141. The standard InChI is InChI=1S/C16H25N3O2/c1-3-4-5-6-11-17-16(21)18-12-14-7-9-15(10-8-14)19-13(2)20/h7-10H,3-6,11-12H2,1-2H3,(H,19,20)(H2,17,18,21). The van der Waals surface area contributed by atoms with Crippen LogP contribution in [0.3, 0.4) is 0 Å². The molecule has 0 unspecified atom stereocenters. The van der Waals surface area contributed by atoms with E-state index in [2.05, 4.69) is 22.9 Å². The van der Waals surface area contributed by atoms with E-state index in [0.717, 1.165) is 24.1 Å². The summed E-state index contributed by atoms with van der Waals surface area (Å²) in [5.74, 6) is -0.0941. The van der Waals surface area contributed by atoms with Gasteiger partial charge in [-0.2, -0.15) is 0 Å². The molecule has 0 aliphatic rings. The van der Waals surface area contributed by atoms with E-state index in [-0.39, 0.29) is 11.9 Å². The number of anilines is 1. The van der Waals surface area contributed by atoms with Crippen LogP contribution in [0.25, 0.3) is 0 Å². The van der Waals surface area contributed by atoms with E-state index in [1.807, 2.05) is 24.3 Å². The Balaban J connectivity index is 2.21. The molecule has 0 fully saturated rings. The largest absolute Gasteiger partial charge is 0.338 e. The van der Waals surface area contributed by atoms with E-state index < -0.39 is 0 Å². The van der Waals surface area contributed by atoms with Crippen LogP contribution in [0.4, 0.5) is 10.5 Å². The van der Waals surface area contributed by atoms with Crippen LogP contribution in [0.2, 0.25) is 0 Å². The van der Waals surface area contributed by atoms with Crippen LogP contribution < -0.4 is 16.0 Å². The van der Waals surface area contributed by atoms with Crippen molar-refractivity contribution >= 4 is 17.6 Å². The Morgan fingerprint density at radius 1 is 1.00 bits per heavy atom. The Bertz CT molecular complexity index is 443. The zero-order valence-corrected chi connectivity index (χ0v) is 12.9. The van der Waals surface area contributed by atoms with Crippen molar-refractivity contribution in [3.63, 3.8) is 0 Å². The minimum absolute atomic E-state index is 0.0941. The van der Waals surface area contributed by atoms with Gasteiger partial charge >= 0.3 is 6.03 Å². The Kier molecular flexibility index (Phi) is 7.94. The number of hydrogen-bond donors (Lipinski definition) is 3. The molecule has 3 amide bonds. The molecule has 0 heterocycles. The minimum Gasteiger partial charge on any atom is -0.338 e. The molecule has 0 spiro atoms. The first-order chi connectivity index (χ1) is 10.1. The number of carbonyl (C=O) groups excluding carboxylic acids is 2. The number of unbranched alkanes of at least 4 members (excludes halogenated alkanes) is 3. The molecule has 0 saturated carbocycles. The molecule has 0 bridgehead atoms. The molecular weight excluding hydrogens is 266 g/mol. The van der Waals surface area contributed by atoms with E-state index in [1.54, 1.807) is 0 Å². The predicted octanol–water partition coefficient (Wildman–Crippen LogP) is 3.02. The van der Waals surface area contributed by atoms with Gasteiger partial charge in [0, 0.05) is 25.7 Å². The highest BCUT2D eigenvalue weighted by molar-refractivity contribution is 5.88. The van der Waals surface area contributed by atoms with Crippen molar-refractivity contribution in [1.29, 1.82) is 0 Å². The van der Waals surface area contributed by atoms with Crippen LogP contribution in [0, 0.1) is 0 Å². The lowest BCUT2D eigenvalue weighted by Gasteiger charge is -2.08. The summed E-state index contributed by atoms with van der Waals surface area (Å²) in [5.41, 5.74) is 1.75. The highest BCUT2D eigenvalue weighted by Gasteiger charge is 2.00. The zero-order chi connectivity index (χ0) is 15.5. The van der Waals surface area contributed by atoms with E-state index >= 15 is 0 Å². The molecule has 1 aromatic rings. The van der Waals surface area contributed by atoms with Gasteiger partial charge < -0.3 is 16.0 Å². The summed E-state index contributed by atoms with van der Waals surface area (Å²) >= 11 is 0. The number of rotatable bonds is 8. The van der Waals surface area contributed by atoms with Crippen molar-refractivity contribution in [2.75, 3.05) is 11.9 Å². The monoisotopic (exact) mass is 291 g/mol. The second kappa shape index (κ2) is 9.80. The van der Waals surface area contributed by atoms with E-state index in [0.29, 0.717) is 13.1 Å². The van der Waals surface area contributed by atoms with Crippen LogP contribution in [0.15, 0.2) is 24.3 Å². The van der Waals surface area contributed by atoms with Gasteiger partial charge in [0.25, 0.3) is 0 Å². The maximum Gasteiger partial charge on any atom is 0.315 e. The van der Waals surface area contributed by atoms with Gasteiger partial charge in [-0.1, -0.05) is 38.3 Å². The topological polar surface area (TPSA) is 70.2 Å². The van der Waals surface area contributed by atoms with Crippen LogP contribution in [-0.2, 0) is 11.3 Å². The molecule has 116 valence electrons. The Morgan fingerprint density at radius 2 is 1.71 bits per heavy atom. The van der Waals surface area contributed by atoms with Crippen molar-refractivity contribution in [2.45, 2.75) is 46.1 Å². The third-order valence-electron chi connectivity index (χ3n) is 3.04. The summed E-state index contributed by atoms with van der Waals surface area (Å²) in [6.07, 6.45) is 4.58. The highest BCUT2D eigenvalue weighted by atomic mass is 16.2. The average molecular weight is 291 g/mol. The van der Waals surface area contributed by atoms with Crippen LogP contribution >= 0.6 is 0 Å². The van der Waals surface area contributed by atoms with Crippen molar-refractivity contribution in [3.05, 3.63) is 29.8 Å². The number of nitrogens with one attached hydrogen (secondary N) is 3. The predicted molar refractivity (Wildman–Crippen MR) is 85.1 cm³/mol. The zero-order valence-electron chi connectivity index (χ0n) is 12.9. The third-order valence-corrected chi connectivity index (χ3v) is 3.04. The Morgan fingerprint density at radius 3 is 2.33 bits per heavy atom. The van der Waals surface area contributed by atoms with Gasteiger partial charge in [0.2, 0.25) is 5.91 Å². The van der Waals surface area contributed by atoms with Gasteiger partial charge in [-0.3, -0.25) is 4.79 Å². The molecule has 5 heteroatoms. The van der Waals surface area contributed by atoms with Gasteiger partial charge in [0.05, 0.1) is 0 Å².